The van der Waals surface area contributed by atoms with Crippen LogP contribution in [0.25, 0.3) is 0 Å². The first-order valence-electron chi connectivity index (χ1n) is 23.6. The van der Waals surface area contributed by atoms with E-state index in [4.69, 9.17) is 10.8 Å². The van der Waals surface area contributed by atoms with Crippen molar-refractivity contribution < 1.29 is 24.0 Å². The van der Waals surface area contributed by atoms with Crippen LogP contribution >= 0.6 is 11.8 Å². The van der Waals surface area contributed by atoms with Gasteiger partial charge in [-0.1, -0.05) is 55.6 Å². The number of carbonyl (C=O) groups is 5. The van der Waals surface area contributed by atoms with Crippen LogP contribution in [-0.2, 0) is 27.5 Å². The highest BCUT2D eigenvalue weighted by Gasteiger charge is 2.39. The minimum Gasteiger partial charge on any atom is -0.355 e. The summed E-state index contributed by atoms with van der Waals surface area (Å²) in [7, 11) is 0. The number of hydrogen-bond donors (Lipinski definition) is 4. The van der Waals surface area contributed by atoms with Crippen molar-refractivity contribution in [2.24, 2.45) is 5.73 Å². The molecule has 350 valence electrons. The second-order valence-corrected chi connectivity index (χ2v) is 19.8. The predicted molar refractivity (Wildman–Crippen MR) is 253 cm³/mol. The molecular weight excluding hydrogens is 855 g/mol. The number of nitrogens with two attached hydrogens (primary N) is 1. The third-order valence-corrected chi connectivity index (χ3v) is 14.3. The molecule has 16 nitrogen and oxygen atoms in total. The normalized spacial score (nSPS) is 18.9. The molecule has 3 fully saturated rings. The number of hydrogen-bond acceptors (Lipinski definition) is 12. The minimum atomic E-state index is -0.666. The van der Waals surface area contributed by atoms with Crippen LogP contribution in [0.4, 0.5) is 11.5 Å². The molecule has 1 atom stereocenters. The van der Waals surface area contributed by atoms with E-state index in [1.165, 1.54) is 16.7 Å². The molecule has 4 aliphatic rings. The van der Waals surface area contributed by atoms with Gasteiger partial charge in [0.15, 0.2) is 0 Å². The number of imide groups is 1. The Morgan fingerprint density at radius 3 is 2.44 bits per heavy atom. The van der Waals surface area contributed by atoms with E-state index in [0.717, 1.165) is 135 Å². The van der Waals surface area contributed by atoms with Crippen molar-refractivity contribution in [2.45, 2.75) is 138 Å². The Hall–Kier alpha value is -5.65. The van der Waals surface area contributed by atoms with Crippen LogP contribution in [0, 0.1) is 6.92 Å². The van der Waals surface area contributed by atoms with Crippen molar-refractivity contribution in [3.8, 4) is 0 Å². The summed E-state index contributed by atoms with van der Waals surface area (Å²) < 4.78 is 1.90. The number of nitrogens with zero attached hydrogens (tertiary/aromatic N) is 7. The fourth-order valence-electron chi connectivity index (χ4n) is 9.44. The van der Waals surface area contributed by atoms with Crippen molar-refractivity contribution in [3.63, 3.8) is 0 Å². The number of unbranched alkanes of at least 4 members (excludes halogenated alkanes) is 5. The Morgan fingerprint density at radius 2 is 1.68 bits per heavy atom. The molecule has 0 radical (unpaired) electrons. The average molecular weight is 918 g/mol. The third-order valence-electron chi connectivity index (χ3n) is 13.3. The van der Waals surface area contributed by atoms with Crippen molar-refractivity contribution in [1.82, 2.24) is 40.2 Å². The van der Waals surface area contributed by atoms with Gasteiger partial charge in [-0.05, 0) is 107 Å². The number of aryl methyl sites for hydroxylation is 1. The maximum Gasteiger partial charge on any atom is 0.269 e. The summed E-state index contributed by atoms with van der Waals surface area (Å²) in [4.78, 5) is 80.0. The summed E-state index contributed by atoms with van der Waals surface area (Å²) in [6.45, 7) is 9.33. The zero-order valence-corrected chi connectivity index (χ0v) is 39.0. The number of anilines is 2. The lowest BCUT2D eigenvalue weighted by molar-refractivity contribution is -0.137. The lowest BCUT2D eigenvalue weighted by Crippen LogP contribution is -2.52. The molecule has 0 aliphatic carbocycles. The highest BCUT2D eigenvalue weighted by Crippen LogP contribution is 2.31. The van der Waals surface area contributed by atoms with E-state index >= 15 is 0 Å². The quantitative estimate of drug-likeness (QED) is 0.0657. The lowest BCUT2D eigenvalue weighted by atomic mass is 9.91. The van der Waals surface area contributed by atoms with Gasteiger partial charge in [-0.2, -0.15) is 5.10 Å². The number of carbonyl (C=O) groups excluding carboxylic acids is 5. The molecule has 5 N–H and O–H groups in total. The molecule has 66 heavy (non-hydrogen) atoms. The van der Waals surface area contributed by atoms with Crippen molar-refractivity contribution in [3.05, 3.63) is 89.0 Å². The van der Waals surface area contributed by atoms with Gasteiger partial charge in [0.25, 0.3) is 11.8 Å². The van der Waals surface area contributed by atoms with Gasteiger partial charge in [0.1, 0.15) is 22.6 Å². The fourth-order valence-corrected chi connectivity index (χ4v) is 10.2. The molecule has 4 aromatic rings. The second-order valence-electron chi connectivity index (χ2n) is 18.7. The zero-order chi connectivity index (χ0) is 46.2. The smallest absolute Gasteiger partial charge is 0.269 e. The van der Waals surface area contributed by atoms with Gasteiger partial charge in [-0.25, -0.2) is 9.97 Å². The van der Waals surface area contributed by atoms with Gasteiger partial charge in [0.05, 0.1) is 24.1 Å². The van der Waals surface area contributed by atoms with Crippen LogP contribution < -0.4 is 26.6 Å². The largest absolute Gasteiger partial charge is 0.355 e. The molecule has 0 saturated carbocycles. The Labute approximate surface area is 391 Å². The Morgan fingerprint density at radius 1 is 0.909 bits per heavy atom. The molecule has 1 unspecified atom stereocenters. The average Bonchev–Trinajstić information content (AvgIpc) is 3.85. The summed E-state index contributed by atoms with van der Waals surface area (Å²) in [5, 5.41) is 14.0. The molecule has 2 aromatic carbocycles. The summed E-state index contributed by atoms with van der Waals surface area (Å²) >= 11 is 1.53. The molecule has 3 saturated heterocycles. The number of benzene rings is 2. The molecule has 5 amide bonds. The van der Waals surface area contributed by atoms with E-state index in [1.54, 1.807) is 6.07 Å². The van der Waals surface area contributed by atoms with Crippen LogP contribution in [0.3, 0.4) is 0 Å². The monoisotopic (exact) mass is 917 g/mol. The molecular formula is C49H63N11O5S. The molecule has 4 aliphatic heterocycles. The lowest BCUT2D eigenvalue weighted by Gasteiger charge is -2.37. The zero-order valence-electron chi connectivity index (χ0n) is 38.2. The van der Waals surface area contributed by atoms with Crippen LogP contribution in [-0.4, -0.2) is 103 Å². The first-order chi connectivity index (χ1) is 31.9. The fraction of sp³-hybridized carbons (Fsp3) is 0.510. The number of rotatable bonds is 18. The first-order valence-corrected chi connectivity index (χ1v) is 24.5. The predicted octanol–water partition coefficient (Wildman–Crippen LogP) is 6.15. The van der Waals surface area contributed by atoms with Crippen LogP contribution in [0.1, 0.15) is 134 Å². The van der Waals surface area contributed by atoms with E-state index < -0.39 is 11.9 Å². The Balaban J connectivity index is 0.686. The maximum atomic E-state index is 13.5. The Bertz CT molecular complexity index is 2390. The van der Waals surface area contributed by atoms with Crippen molar-refractivity contribution in [1.29, 1.82) is 0 Å². The number of amides is 5. The number of piperidine rings is 3. The topological polar surface area (TPSA) is 201 Å². The van der Waals surface area contributed by atoms with E-state index in [2.05, 4.69) is 42.6 Å². The minimum absolute atomic E-state index is 0.0373. The van der Waals surface area contributed by atoms with Crippen LogP contribution in [0.5, 0.6) is 0 Å². The van der Waals surface area contributed by atoms with Gasteiger partial charge in [-0.3, -0.25) is 34.0 Å². The van der Waals surface area contributed by atoms with Crippen molar-refractivity contribution >= 4 is 52.8 Å². The molecule has 17 heteroatoms. The number of likely N-dealkylation sites (tertiary alicyclic amines) is 1. The highest BCUT2D eigenvalue weighted by atomic mass is 32.2. The second kappa shape index (κ2) is 21.3. The van der Waals surface area contributed by atoms with Crippen LogP contribution in [0.2, 0.25) is 0 Å². The molecule has 8 rings (SSSR count). The molecule has 2 aromatic heterocycles. The summed E-state index contributed by atoms with van der Waals surface area (Å²) in [5.41, 5.74) is 10.5. The van der Waals surface area contributed by atoms with E-state index in [-0.39, 0.29) is 54.7 Å². The summed E-state index contributed by atoms with van der Waals surface area (Å²) in [6, 6.07) is 14.7. The van der Waals surface area contributed by atoms with Gasteiger partial charge >= 0.3 is 0 Å². The molecule has 0 spiro atoms. The maximum absolute atomic E-state index is 13.5. The molecule has 0 bridgehead atoms. The SMILES string of the molecule is Cc1cc(C(=O)NCc2ccc3c(c2)CN(C2CCC(=O)NC2=O)C3=O)n(C2CCN(CCCCCCCCC(=O)Nc3cccc(Sc4cnc(N5CCC(C)(N)CC5)cn4)c3)CC2)n1. The molecule has 6 heterocycles. The van der Waals surface area contributed by atoms with Gasteiger partial charge in [0, 0.05) is 73.8 Å². The Kier molecular flexibility index (Phi) is 15.1. The van der Waals surface area contributed by atoms with Gasteiger partial charge in [0.2, 0.25) is 17.7 Å². The van der Waals surface area contributed by atoms with Gasteiger partial charge < -0.3 is 31.1 Å². The summed E-state index contributed by atoms with van der Waals surface area (Å²) in [5.74, 6) is -0.243. The van der Waals surface area contributed by atoms with E-state index in [1.807, 2.05) is 66.5 Å². The number of aromatic nitrogens is 4. The van der Waals surface area contributed by atoms with Gasteiger partial charge in [-0.15, -0.1) is 0 Å². The number of fused-ring (bicyclic) bond motifs is 1. The third kappa shape index (κ3) is 12.0. The van der Waals surface area contributed by atoms with E-state index in [0.29, 0.717) is 24.1 Å². The standard InChI is InChI=1S/C49H63N11O5S/c1-33-26-41(46(63)53-29-34-13-14-39-35(27-34)32-59(48(39)65)40-15-16-44(62)55-47(40)64)60(56-33)37-17-22-57(23-18-37)21-8-6-4-3-5-7-12-43(61)54-36-10-9-11-38(28-36)66-45-31-51-42(30-52-45)58-24-19-49(2,50)20-25-58/h9-11,13-14,26-28,30-31,37,40H,3-8,12,15-25,29,32,50H2,1-2H3,(H,53,63)(H,54,61)(H,55,62,64). The van der Waals surface area contributed by atoms with Crippen molar-refractivity contribution in [2.75, 3.05) is 42.9 Å². The highest BCUT2D eigenvalue weighted by molar-refractivity contribution is 7.99. The first kappa shape index (κ1) is 46.9. The summed E-state index contributed by atoms with van der Waals surface area (Å²) in [6.07, 6.45) is 14.9. The number of nitrogens with one attached hydrogen (secondary N) is 3. The van der Waals surface area contributed by atoms with E-state index in [9.17, 15) is 24.0 Å². The van der Waals surface area contributed by atoms with Crippen LogP contribution in [0.15, 0.2) is 70.8 Å².